The Kier molecular flexibility index (Phi) is 5.00. The summed E-state index contributed by atoms with van der Waals surface area (Å²) in [6.07, 6.45) is 2.32. The zero-order valence-electron chi connectivity index (χ0n) is 12.2. The second-order valence-electron chi connectivity index (χ2n) is 5.62. The lowest BCUT2D eigenvalue weighted by Crippen LogP contribution is -2.40. The van der Waals surface area contributed by atoms with E-state index in [1.54, 1.807) is 18.2 Å². The van der Waals surface area contributed by atoms with Gasteiger partial charge in [-0.05, 0) is 49.8 Å². The molecule has 1 fully saturated rings. The average Bonchev–Trinajstić information content (AvgIpc) is 2.45. The highest BCUT2D eigenvalue weighted by Gasteiger charge is 2.30. The molecule has 0 bridgehead atoms. The van der Waals surface area contributed by atoms with E-state index in [0.717, 1.165) is 18.4 Å². The SMILES string of the molecule is Cc1cccc(S(=O)(=O)N2CCCC(CCC(=O)O)C2)c1. The Hall–Kier alpha value is -1.40. The van der Waals surface area contributed by atoms with Gasteiger partial charge in [0.15, 0.2) is 0 Å². The third-order valence-electron chi connectivity index (χ3n) is 3.88. The first-order valence-corrected chi connectivity index (χ1v) is 8.62. The van der Waals surface area contributed by atoms with Gasteiger partial charge in [0.25, 0.3) is 0 Å². The van der Waals surface area contributed by atoms with Crippen LogP contribution in [0.5, 0.6) is 0 Å². The molecule has 5 nitrogen and oxygen atoms in total. The lowest BCUT2D eigenvalue weighted by atomic mass is 9.95. The molecule has 1 aliphatic rings. The summed E-state index contributed by atoms with van der Waals surface area (Å²) in [6.45, 7) is 2.80. The van der Waals surface area contributed by atoms with Crippen LogP contribution in [0.3, 0.4) is 0 Å². The number of carboxylic acids is 1. The van der Waals surface area contributed by atoms with E-state index in [4.69, 9.17) is 5.11 Å². The molecule has 21 heavy (non-hydrogen) atoms. The van der Waals surface area contributed by atoms with Gasteiger partial charge in [0.05, 0.1) is 4.90 Å². The summed E-state index contributed by atoms with van der Waals surface area (Å²) in [6, 6.07) is 6.90. The van der Waals surface area contributed by atoms with Gasteiger partial charge >= 0.3 is 5.97 Å². The fraction of sp³-hybridized carbons (Fsp3) is 0.533. The number of sulfonamides is 1. The average molecular weight is 311 g/mol. The minimum atomic E-state index is -3.47. The predicted molar refractivity (Wildman–Crippen MR) is 79.5 cm³/mol. The molecule has 1 saturated heterocycles. The smallest absolute Gasteiger partial charge is 0.303 e. The van der Waals surface area contributed by atoms with Gasteiger partial charge < -0.3 is 5.11 Å². The van der Waals surface area contributed by atoms with Crippen molar-refractivity contribution in [2.45, 2.75) is 37.5 Å². The van der Waals surface area contributed by atoms with Crippen LogP contribution in [-0.4, -0.2) is 36.9 Å². The molecule has 1 aromatic rings. The third kappa shape index (κ3) is 4.04. The van der Waals surface area contributed by atoms with Crippen LogP contribution in [0.2, 0.25) is 0 Å². The number of hydrogen-bond donors (Lipinski definition) is 1. The summed E-state index contributed by atoms with van der Waals surface area (Å²) >= 11 is 0. The fourth-order valence-corrected chi connectivity index (χ4v) is 4.39. The van der Waals surface area contributed by atoms with Crippen LogP contribution in [-0.2, 0) is 14.8 Å². The van der Waals surface area contributed by atoms with Crippen molar-refractivity contribution in [1.29, 1.82) is 0 Å². The van der Waals surface area contributed by atoms with Crippen molar-refractivity contribution in [2.24, 2.45) is 5.92 Å². The van der Waals surface area contributed by atoms with Gasteiger partial charge in [-0.15, -0.1) is 0 Å². The number of carboxylic acid groups (broad SMARTS) is 1. The Morgan fingerprint density at radius 2 is 2.19 bits per heavy atom. The molecular formula is C15H21NO4S. The maximum Gasteiger partial charge on any atom is 0.303 e. The first-order valence-electron chi connectivity index (χ1n) is 7.18. The molecule has 0 aliphatic carbocycles. The van der Waals surface area contributed by atoms with Crippen molar-refractivity contribution in [2.75, 3.05) is 13.1 Å². The van der Waals surface area contributed by atoms with Crippen molar-refractivity contribution < 1.29 is 18.3 Å². The predicted octanol–water partition coefficient (Wildman–Crippen LogP) is 2.26. The summed E-state index contributed by atoms with van der Waals surface area (Å²) in [5.74, 6) is -0.692. The molecule has 2 rings (SSSR count). The molecule has 0 aromatic heterocycles. The zero-order chi connectivity index (χ0) is 15.5. The van der Waals surface area contributed by atoms with E-state index in [2.05, 4.69) is 0 Å². The number of piperidine rings is 1. The number of benzene rings is 1. The van der Waals surface area contributed by atoms with Gasteiger partial charge in [-0.2, -0.15) is 4.31 Å². The maximum atomic E-state index is 12.6. The number of aryl methyl sites for hydroxylation is 1. The van der Waals surface area contributed by atoms with Crippen LogP contribution in [0.1, 0.15) is 31.2 Å². The molecule has 0 saturated carbocycles. The zero-order valence-corrected chi connectivity index (χ0v) is 13.0. The molecule has 0 radical (unpaired) electrons. The third-order valence-corrected chi connectivity index (χ3v) is 5.74. The van der Waals surface area contributed by atoms with E-state index in [1.807, 2.05) is 13.0 Å². The number of carbonyl (C=O) groups is 1. The van der Waals surface area contributed by atoms with Crippen molar-refractivity contribution >= 4 is 16.0 Å². The van der Waals surface area contributed by atoms with Gasteiger partial charge in [0.1, 0.15) is 0 Å². The molecule has 1 aromatic carbocycles. The highest BCUT2D eigenvalue weighted by molar-refractivity contribution is 7.89. The molecule has 1 heterocycles. The molecule has 1 atom stereocenters. The van der Waals surface area contributed by atoms with Gasteiger partial charge in [0, 0.05) is 19.5 Å². The van der Waals surface area contributed by atoms with Crippen LogP contribution < -0.4 is 0 Å². The highest BCUT2D eigenvalue weighted by atomic mass is 32.2. The Morgan fingerprint density at radius 1 is 1.43 bits per heavy atom. The second kappa shape index (κ2) is 6.58. The quantitative estimate of drug-likeness (QED) is 0.905. The van der Waals surface area contributed by atoms with Crippen LogP contribution in [0.4, 0.5) is 0 Å². The summed E-state index contributed by atoms with van der Waals surface area (Å²) in [5.41, 5.74) is 0.913. The van der Waals surface area contributed by atoms with E-state index in [1.165, 1.54) is 4.31 Å². The van der Waals surface area contributed by atoms with Crippen LogP contribution in [0, 0.1) is 12.8 Å². The Balaban J connectivity index is 2.11. The lowest BCUT2D eigenvalue weighted by Gasteiger charge is -2.31. The molecule has 116 valence electrons. The monoisotopic (exact) mass is 311 g/mol. The van der Waals surface area contributed by atoms with E-state index >= 15 is 0 Å². The Bertz CT molecular complexity index is 612. The second-order valence-corrected chi connectivity index (χ2v) is 7.56. The first-order chi connectivity index (χ1) is 9.89. The van der Waals surface area contributed by atoms with E-state index in [0.29, 0.717) is 24.4 Å². The molecular weight excluding hydrogens is 290 g/mol. The molecule has 6 heteroatoms. The molecule has 1 aliphatic heterocycles. The molecule has 1 unspecified atom stereocenters. The Morgan fingerprint density at radius 3 is 2.86 bits per heavy atom. The van der Waals surface area contributed by atoms with Crippen LogP contribution >= 0.6 is 0 Å². The lowest BCUT2D eigenvalue weighted by molar-refractivity contribution is -0.137. The van der Waals surface area contributed by atoms with E-state index < -0.39 is 16.0 Å². The van der Waals surface area contributed by atoms with Gasteiger partial charge in [-0.25, -0.2) is 8.42 Å². The topological polar surface area (TPSA) is 74.7 Å². The van der Waals surface area contributed by atoms with Crippen molar-refractivity contribution in [1.82, 2.24) is 4.31 Å². The largest absolute Gasteiger partial charge is 0.481 e. The number of aliphatic carboxylic acids is 1. The maximum absolute atomic E-state index is 12.6. The minimum absolute atomic E-state index is 0.100. The number of rotatable bonds is 5. The highest BCUT2D eigenvalue weighted by Crippen LogP contribution is 2.26. The van der Waals surface area contributed by atoms with Crippen LogP contribution in [0.15, 0.2) is 29.2 Å². The standard InChI is InChI=1S/C15H21NO4S/c1-12-4-2-6-14(10-12)21(19,20)16-9-3-5-13(11-16)7-8-15(17)18/h2,4,6,10,13H,3,5,7-9,11H2,1H3,(H,17,18). The van der Waals surface area contributed by atoms with E-state index in [-0.39, 0.29) is 12.3 Å². The van der Waals surface area contributed by atoms with Crippen molar-refractivity contribution in [3.63, 3.8) is 0 Å². The normalized spacial score (nSPS) is 20.3. The number of hydrogen-bond acceptors (Lipinski definition) is 3. The first kappa shape index (κ1) is 16.0. The minimum Gasteiger partial charge on any atom is -0.481 e. The van der Waals surface area contributed by atoms with E-state index in [9.17, 15) is 13.2 Å². The summed E-state index contributed by atoms with van der Waals surface area (Å²) in [5, 5.41) is 8.75. The van der Waals surface area contributed by atoms with Crippen molar-refractivity contribution in [3.05, 3.63) is 29.8 Å². The molecule has 0 amide bonds. The van der Waals surface area contributed by atoms with Gasteiger partial charge in [-0.1, -0.05) is 12.1 Å². The fourth-order valence-electron chi connectivity index (χ4n) is 2.73. The number of nitrogens with zero attached hydrogens (tertiary/aromatic N) is 1. The van der Waals surface area contributed by atoms with Crippen molar-refractivity contribution in [3.8, 4) is 0 Å². The summed E-state index contributed by atoms with van der Waals surface area (Å²) < 4.78 is 26.8. The summed E-state index contributed by atoms with van der Waals surface area (Å²) in [7, 11) is -3.47. The summed E-state index contributed by atoms with van der Waals surface area (Å²) in [4.78, 5) is 11.0. The van der Waals surface area contributed by atoms with Gasteiger partial charge in [-0.3, -0.25) is 4.79 Å². The van der Waals surface area contributed by atoms with Crippen LogP contribution in [0.25, 0.3) is 0 Å². The van der Waals surface area contributed by atoms with Gasteiger partial charge in [0.2, 0.25) is 10.0 Å². The Labute approximate surface area is 125 Å². The molecule has 0 spiro atoms. The molecule has 1 N–H and O–H groups in total.